The molecular weight excluding hydrogens is 190 g/mol. The van der Waals surface area contributed by atoms with Gasteiger partial charge in [0.2, 0.25) is 0 Å². The van der Waals surface area contributed by atoms with Crippen molar-refractivity contribution >= 4 is 27.5 Å². The van der Waals surface area contributed by atoms with Crippen molar-refractivity contribution in [3.63, 3.8) is 0 Å². The van der Waals surface area contributed by atoms with Gasteiger partial charge in [0.15, 0.2) is 0 Å². The molecule has 0 spiro atoms. The molecular formula is C4H4BrNOS. The summed E-state index contributed by atoms with van der Waals surface area (Å²) in [6.45, 7) is 0.0299. The van der Waals surface area contributed by atoms with Crippen LogP contribution >= 0.6 is 27.5 Å². The summed E-state index contributed by atoms with van der Waals surface area (Å²) in [6.07, 6.45) is 0. The molecule has 0 saturated carbocycles. The van der Waals surface area contributed by atoms with Crippen molar-refractivity contribution in [1.29, 1.82) is 0 Å². The highest BCUT2D eigenvalue weighted by atomic mass is 79.9. The van der Waals surface area contributed by atoms with Crippen LogP contribution in [0.1, 0.15) is 5.69 Å². The number of aliphatic hydroxyl groups excluding tert-OH is 1. The Hall–Kier alpha value is 0.0700. The lowest BCUT2D eigenvalue weighted by atomic mass is 10.5. The van der Waals surface area contributed by atoms with Gasteiger partial charge < -0.3 is 5.11 Å². The number of nitrogens with zero attached hydrogens (tertiary/aromatic N) is 1. The predicted octanol–water partition coefficient (Wildman–Crippen LogP) is 1.40. The fraction of sp³-hybridized carbons (Fsp3) is 0.250. The van der Waals surface area contributed by atoms with E-state index in [0.717, 1.165) is 9.48 Å². The summed E-state index contributed by atoms with van der Waals surface area (Å²) < 4.78 is 4.84. The van der Waals surface area contributed by atoms with Gasteiger partial charge in [0.25, 0.3) is 0 Å². The van der Waals surface area contributed by atoms with E-state index in [-0.39, 0.29) is 6.61 Å². The van der Waals surface area contributed by atoms with Gasteiger partial charge in [-0.25, -0.2) is 0 Å². The second-order valence-corrected chi connectivity index (χ2v) is 3.46. The third-order valence-corrected chi connectivity index (χ3v) is 1.97. The SMILES string of the molecule is OCc1cc(Br)sn1. The van der Waals surface area contributed by atoms with E-state index in [9.17, 15) is 0 Å². The van der Waals surface area contributed by atoms with Crippen LogP contribution in [0.2, 0.25) is 0 Å². The van der Waals surface area contributed by atoms with Gasteiger partial charge in [0.1, 0.15) is 0 Å². The van der Waals surface area contributed by atoms with Crippen LogP contribution in [0.5, 0.6) is 0 Å². The Kier molecular flexibility index (Phi) is 1.99. The summed E-state index contributed by atoms with van der Waals surface area (Å²) in [7, 11) is 0. The standard InChI is InChI=1S/C4H4BrNOS/c5-4-1-3(2-7)6-8-4/h1,7H,2H2. The highest BCUT2D eigenvalue weighted by molar-refractivity contribution is 9.11. The second kappa shape index (κ2) is 2.57. The van der Waals surface area contributed by atoms with Crippen LogP contribution in [0.25, 0.3) is 0 Å². The quantitative estimate of drug-likeness (QED) is 0.732. The van der Waals surface area contributed by atoms with Gasteiger partial charge in [0, 0.05) is 0 Å². The molecule has 0 atom stereocenters. The van der Waals surface area contributed by atoms with Crippen LogP contribution in [0, 0.1) is 0 Å². The summed E-state index contributed by atoms with van der Waals surface area (Å²) >= 11 is 4.55. The molecule has 0 aromatic carbocycles. The highest BCUT2D eigenvalue weighted by Gasteiger charge is 1.94. The van der Waals surface area contributed by atoms with E-state index < -0.39 is 0 Å². The highest BCUT2D eigenvalue weighted by Crippen LogP contribution is 2.16. The van der Waals surface area contributed by atoms with Gasteiger partial charge in [-0.15, -0.1) is 0 Å². The van der Waals surface area contributed by atoms with Crippen molar-refractivity contribution in [2.24, 2.45) is 0 Å². The molecule has 0 radical (unpaired) electrons. The van der Waals surface area contributed by atoms with Crippen molar-refractivity contribution in [2.45, 2.75) is 6.61 Å². The lowest BCUT2D eigenvalue weighted by Crippen LogP contribution is -1.77. The summed E-state index contributed by atoms with van der Waals surface area (Å²) in [5, 5.41) is 8.47. The molecule has 44 valence electrons. The first-order chi connectivity index (χ1) is 3.83. The molecule has 8 heavy (non-hydrogen) atoms. The first-order valence-electron chi connectivity index (χ1n) is 2.05. The van der Waals surface area contributed by atoms with Crippen LogP contribution < -0.4 is 0 Å². The van der Waals surface area contributed by atoms with Crippen LogP contribution in [0.3, 0.4) is 0 Å². The minimum absolute atomic E-state index is 0.0299. The van der Waals surface area contributed by atoms with Gasteiger partial charge >= 0.3 is 0 Å². The third-order valence-electron chi connectivity index (χ3n) is 0.692. The molecule has 1 heterocycles. The zero-order chi connectivity index (χ0) is 5.98. The minimum atomic E-state index is 0.0299. The van der Waals surface area contributed by atoms with Crippen LogP contribution in [-0.2, 0) is 6.61 Å². The second-order valence-electron chi connectivity index (χ2n) is 1.28. The molecule has 1 aromatic heterocycles. The Morgan fingerprint density at radius 2 is 2.62 bits per heavy atom. The first kappa shape index (κ1) is 6.19. The molecule has 4 heteroatoms. The fourth-order valence-electron chi connectivity index (χ4n) is 0.360. The number of aromatic nitrogens is 1. The minimum Gasteiger partial charge on any atom is -0.390 e. The maximum Gasteiger partial charge on any atom is 0.0909 e. The number of aliphatic hydroxyl groups is 1. The summed E-state index contributed by atoms with van der Waals surface area (Å²) in [5.74, 6) is 0. The van der Waals surface area contributed by atoms with E-state index in [2.05, 4.69) is 20.3 Å². The number of rotatable bonds is 1. The molecule has 1 rings (SSSR count). The van der Waals surface area contributed by atoms with E-state index in [0.29, 0.717) is 0 Å². The number of hydrogen-bond acceptors (Lipinski definition) is 3. The Labute approximate surface area is 59.5 Å². The average Bonchev–Trinajstić information content (AvgIpc) is 2.14. The zero-order valence-electron chi connectivity index (χ0n) is 3.97. The molecule has 1 aromatic rings. The van der Waals surface area contributed by atoms with Crippen molar-refractivity contribution in [1.82, 2.24) is 4.37 Å². The molecule has 0 unspecified atom stereocenters. The Morgan fingerprint density at radius 3 is 2.88 bits per heavy atom. The summed E-state index contributed by atoms with van der Waals surface area (Å²) in [4.78, 5) is 0. The molecule has 0 bridgehead atoms. The van der Waals surface area contributed by atoms with Gasteiger partial charge in [-0.05, 0) is 33.5 Å². The topological polar surface area (TPSA) is 33.1 Å². The van der Waals surface area contributed by atoms with E-state index in [1.807, 2.05) is 0 Å². The van der Waals surface area contributed by atoms with Crippen molar-refractivity contribution in [3.05, 3.63) is 15.5 Å². The molecule has 0 aliphatic heterocycles. The average molecular weight is 194 g/mol. The van der Waals surface area contributed by atoms with Gasteiger partial charge in [0.05, 0.1) is 16.1 Å². The van der Waals surface area contributed by atoms with Gasteiger partial charge in [-0.3, -0.25) is 0 Å². The summed E-state index contributed by atoms with van der Waals surface area (Å²) in [6, 6.07) is 1.80. The third kappa shape index (κ3) is 1.27. The molecule has 0 saturated heterocycles. The normalized spacial score (nSPS) is 9.75. The van der Waals surface area contributed by atoms with Crippen LogP contribution in [0.4, 0.5) is 0 Å². The van der Waals surface area contributed by atoms with Gasteiger partial charge in [-0.2, -0.15) is 4.37 Å². The zero-order valence-corrected chi connectivity index (χ0v) is 6.37. The van der Waals surface area contributed by atoms with Crippen LogP contribution in [-0.4, -0.2) is 9.48 Å². The molecule has 0 amide bonds. The maximum absolute atomic E-state index is 8.47. The lowest BCUT2D eigenvalue weighted by Gasteiger charge is -1.77. The van der Waals surface area contributed by atoms with E-state index >= 15 is 0 Å². The smallest absolute Gasteiger partial charge is 0.0909 e. The molecule has 0 aliphatic carbocycles. The number of halogens is 1. The lowest BCUT2D eigenvalue weighted by molar-refractivity contribution is 0.278. The monoisotopic (exact) mass is 193 g/mol. The van der Waals surface area contributed by atoms with Crippen molar-refractivity contribution in [3.8, 4) is 0 Å². The van der Waals surface area contributed by atoms with Gasteiger partial charge in [-0.1, -0.05) is 0 Å². The van der Waals surface area contributed by atoms with E-state index in [1.54, 1.807) is 6.07 Å². The Balaban J connectivity index is 2.84. The number of hydrogen-bond donors (Lipinski definition) is 1. The molecule has 1 N–H and O–H groups in total. The maximum atomic E-state index is 8.47. The summed E-state index contributed by atoms with van der Waals surface area (Å²) in [5.41, 5.74) is 0.724. The molecule has 0 aliphatic rings. The van der Waals surface area contributed by atoms with Crippen molar-refractivity contribution in [2.75, 3.05) is 0 Å². The Bertz CT molecular complexity index is 176. The fourth-order valence-corrected chi connectivity index (χ4v) is 1.35. The largest absolute Gasteiger partial charge is 0.390 e. The van der Waals surface area contributed by atoms with Crippen molar-refractivity contribution < 1.29 is 5.11 Å². The first-order valence-corrected chi connectivity index (χ1v) is 3.61. The van der Waals surface area contributed by atoms with Crippen LogP contribution in [0.15, 0.2) is 9.85 Å². The molecule has 0 fully saturated rings. The predicted molar refractivity (Wildman–Crippen MR) is 35.7 cm³/mol. The van der Waals surface area contributed by atoms with E-state index in [4.69, 9.17) is 5.11 Å². The van der Waals surface area contributed by atoms with E-state index in [1.165, 1.54) is 11.5 Å². The Morgan fingerprint density at radius 1 is 1.88 bits per heavy atom. The molecule has 2 nitrogen and oxygen atoms in total.